The van der Waals surface area contributed by atoms with Gasteiger partial charge in [0.1, 0.15) is 0 Å². The van der Waals surface area contributed by atoms with Crippen LogP contribution in [-0.2, 0) is 10.0 Å². The summed E-state index contributed by atoms with van der Waals surface area (Å²) in [5.74, 6) is -0.601. The highest BCUT2D eigenvalue weighted by molar-refractivity contribution is 7.92. The third-order valence-electron chi connectivity index (χ3n) is 6.19. The maximum absolute atomic E-state index is 13.0. The molecule has 32 heavy (non-hydrogen) atoms. The SMILES string of the molecule is O=C(O)c1ccc(NS(=O)(=O)c2ccc3c(c2)[C@H]2C=CC[C@H]2[C@@H](c2ccccc2)N3)cc1. The first-order valence-corrected chi connectivity index (χ1v) is 11.9. The molecule has 0 bridgehead atoms. The summed E-state index contributed by atoms with van der Waals surface area (Å²) in [6.07, 6.45) is 5.28. The van der Waals surface area contributed by atoms with Gasteiger partial charge < -0.3 is 10.4 Å². The molecule has 162 valence electrons. The molecule has 2 aliphatic rings. The van der Waals surface area contributed by atoms with E-state index in [1.165, 1.54) is 29.8 Å². The molecular formula is C25H22N2O4S. The third kappa shape index (κ3) is 3.65. The summed E-state index contributed by atoms with van der Waals surface area (Å²) < 4.78 is 28.6. The molecule has 0 saturated carbocycles. The second-order valence-corrected chi connectivity index (χ2v) is 9.81. The number of rotatable bonds is 5. The minimum absolute atomic E-state index is 0.0971. The number of aromatic carboxylic acids is 1. The van der Waals surface area contributed by atoms with Crippen LogP contribution in [0.4, 0.5) is 11.4 Å². The van der Waals surface area contributed by atoms with Gasteiger partial charge >= 0.3 is 5.97 Å². The molecule has 1 aliphatic carbocycles. The molecule has 3 aromatic rings. The van der Waals surface area contributed by atoms with Crippen LogP contribution in [0.15, 0.2) is 89.8 Å². The quantitative estimate of drug-likeness (QED) is 0.479. The number of hydrogen-bond donors (Lipinski definition) is 3. The lowest BCUT2D eigenvalue weighted by atomic mass is 9.77. The number of sulfonamides is 1. The molecule has 0 spiro atoms. The van der Waals surface area contributed by atoms with E-state index < -0.39 is 16.0 Å². The molecule has 0 fully saturated rings. The molecule has 1 aliphatic heterocycles. The zero-order chi connectivity index (χ0) is 22.3. The second kappa shape index (κ2) is 7.84. The molecule has 3 N–H and O–H groups in total. The van der Waals surface area contributed by atoms with E-state index in [1.807, 2.05) is 24.3 Å². The first-order chi connectivity index (χ1) is 15.4. The Kier molecular flexibility index (Phi) is 4.98. The smallest absolute Gasteiger partial charge is 0.335 e. The molecule has 3 aromatic carbocycles. The molecule has 7 heteroatoms. The monoisotopic (exact) mass is 446 g/mol. The van der Waals surface area contributed by atoms with E-state index in [-0.39, 0.29) is 22.4 Å². The minimum atomic E-state index is -3.82. The lowest BCUT2D eigenvalue weighted by Crippen LogP contribution is -2.29. The van der Waals surface area contributed by atoms with Crippen molar-refractivity contribution in [3.63, 3.8) is 0 Å². The van der Waals surface area contributed by atoms with Crippen LogP contribution >= 0.6 is 0 Å². The van der Waals surface area contributed by atoms with E-state index in [2.05, 4.69) is 34.3 Å². The molecule has 6 nitrogen and oxygen atoms in total. The van der Waals surface area contributed by atoms with Gasteiger partial charge in [-0.15, -0.1) is 0 Å². The molecule has 0 saturated heterocycles. The fraction of sp³-hybridized carbons (Fsp3) is 0.160. The first kappa shape index (κ1) is 20.3. The molecule has 5 rings (SSSR count). The van der Waals surface area contributed by atoms with Crippen molar-refractivity contribution < 1.29 is 18.3 Å². The van der Waals surface area contributed by atoms with Crippen LogP contribution < -0.4 is 10.0 Å². The zero-order valence-corrected chi connectivity index (χ0v) is 17.9. The van der Waals surface area contributed by atoms with E-state index in [4.69, 9.17) is 5.11 Å². The Bertz CT molecular complexity index is 1300. The lowest BCUT2D eigenvalue weighted by molar-refractivity contribution is 0.0697. The highest BCUT2D eigenvalue weighted by atomic mass is 32.2. The van der Waals surface area contributed by atoms with Gasteiger partial charge in [0.15, 0.2) is 0 Å². The lowest BCUT2D eigenvalue weighted by Gasteiger charge is -2.37. The number of nitrogens with one attached hydrogen (secondary N) is 2. The Labute approximate surface area is 186 Å². The van der Waals surface area contributed by atoms with Crippen molar-refractivity contribution in [3.8, 4) is 0 Å². The van der Waals surface area contributed by atoms with Crippen molar-refractivity contribution in [2.75, 3.05) is 10.0 Å². The summed E-state index contributed by atoms with van der Waals surface area (Å²) in [5, 5.41) is 12.6. The van der Waals surface area contributed by atoms with Gasteiger partial charge in [-0.05, 0) is 65.9 Å². The van der Waals surface area contributed by atoms with Crippen LogP contribution in [0.1, 0.15) is 39.9 Å². The van der Waals surface area contributed by atoms with Crippen molar-refractivity contribution in [3.05, 3.63) is 102 Å². The van der Waals surface area contributed by atoms with Crippen molar-refractivity contribution in [1.29, 1.82) is 0 Å². The van der Waals surface area contributed by atoms with Gasteiger partial charge in [-0.1, -0.05) is 42.5 Å². The number of anilines is 2. The number of carboxylic acids is 1. The van der Waals surface area contributed by atoms with Gasteiger partial charge in [-0.3, -0.25) is 4.72 Å². The average Bonchev–Trinajstić information content (AvgIpc) is 3.29. The van der Waals surface area contributed by atoms with Crippen LogP contribution in [0.3, 0.4) is 0 Å². The Morgan fingerprint density at radius 3 is 2.47 bits per heavy atom. The summed E-state index contributed by atoms with van der Waals surface area (Å²) >= 11 is 0. The van der Waals surface area contributed by atoms with Gasteiger partial charge in [0.05, 0.1) is 16.5 Å². The van der Waals surface area contributed by atoms with E-state index in [0.717, 1.165) is 17.7 Å². The summed E-state index contributed by atoms with van der Waals surface area (Å²) in [6.45, 7) is 0. The first-order valence-electron chi connectivity index (χ1n) is 10.4. The molecule has 0 amide bonds. The topological polar surface area (TPSA) is 95.5 Å². The molecule has 0 unspecified atom stereocenters. The number of hydrogen-bond acceptors (Lipinski definition) is 4. The summed E-state index contributed by atoms with van der Waals surface area (Å²) in [5.41, 5.74) is 3.55. The predicted molar refractivity (Wildman–Crippen MR) is 123 cm³/mol. The van der Waals surface area contributed by atoms with Crippen LogP contribution in [0.5, 0.6) is 0 Å². The van der Waals surface area contributed by atoms with Crippen molar-refractivity contribution in [2.45, 2.75) is 23.3 Å². The maximum Gasteiger partial charge on any atom is 0.335 e. The van der Waals surface area contributed by atoms with E-state index in [1.54, 1.807) is 12.1 Å². The molecule has 3 atom stereocenters. The van der Waals surface area contributed by atoms with Gasteiger partial charge in [-0.25, -0.2) is 13.2 Å². The summed E-state index contributed by atoms with van der Waals surface area (Å²) in [6, 6.07) is 21.3. The molecule has 1 heterocycles. The third-order valence-corrected chi connectivity index (χ3v) is 7.57. The molecule has 0 aromatic heterocycles. The Morgan fingerprint density at radius 2 is 1.75 bits per heavy atom. The Morgan fingerprint density at radius 1 is 1.00 bits per heavy atom. The fourth-order valence-corrected chi connectivity index (χ4v) is 5.72. The number of allylic oxidation sites excluding steroid dienone is 2. The van der Waals surface area contributed by atoms with Crippen LogP contribution in [-0.4, -0.2) is 19.5 Å². The molecular weight excluding hydrogens is 424 g/mol. The number of fused-ring (bicyclic) bond motifs is 3. The van der Waals surface area contributed by atoms with Crippen LogP contribution in [0, 0.1) is 5.92 Å². The number of carbonyl (C=O) groups is 1. The normalized spacial score (nSPS) is 21.3. The fourth-order valence-electron chi connectivity index (χ4n) is 4.62. The average molecular weight is 447 g/mol. The summed E-state index contributed by atoms with van der Waals surface area (Å²) in [7, 11) is -3.82. The number of carboxylic acid groups (broad SMARTS) is 1. The number of benzene rings is 3. The van der Waals surface area contributed by atoms with E-state index >= 15 is 0 Å². The minimum Gasteiger partial charge on any atom is -0.478 e. The second-order valence-electron chi connectivity index (χ2n) is 8.12. The van der Waals surface area contributed by atoms with Crippen LogP contribution in [0.2, 0.25) is 0 Å². The van der Waals surface area contributed by atoms with E-state index in [9.17, 15) is 13.2 Å². The summed E-state index contributed by atoms with van der Waals surface area (Å²) in [4.78, 5) is 11.2. The maximum atomic E-state index is 13.0. The standard InChI is InChI=1S/C25H22N2O4S/c28-25(29)17-9-11-18(12-10-17)27-32(30,31)19-13-14-23-22(15-19)20-7-4-8-21(20)24(26-23)16-5-2-1-3-6-16/h1-7,9-15,20-21,24,26-27H,8H2,(H,28,29)/t20-,21+,24+/m0/s1. The van der Waals surface area contributed by atoms with Crippen molar-refractivity contribution >= 4 is 27.4 Å². The predicted octanol–water partition coefficient (Wildman–Crippen LogP) is 5.01. The van der Waals surface area contributed by atoms with Gasteiger partial charge in [0.2, 0.25) is 0 Å². The van der Waals surface area contributed by atoms with Crippen molar-refractivity contribution in [1.82, 2.24) is 0 Å². The van der Waals surface area contributed by atoms with Crippen molar-refractivity contribution in [2.24, 2.45) is 5.92 Å². The molecule has 0 radical (unpaired) electrons. The largest absolute Gasteiger partial charge is 0.478 e. The Balaban J connectivity index is 1.45. The van der Waals surface area contributed by atoms with Gasteiger partial charge in [0, 0.05) is 17.3 Å². The zero-order valence-electron chi connectivity index (χ0n) is 17.1. The van der Waals surface area contributed by atoms with Crippen LogP contribution in [0.25, 0.3) is 0 Å². The Hall–Kier alpha value is -3.58. The van der Waals surface area contributed by atoms with Gasteiger partial charge in [-0.2, -0.15) is 0 Å². The van der Waals surface area contributed by atoms with Gasteiger partial charge in [0.25, 0.3) is 10.0 Å². The highest BCUT2D eigenvalue weighted by Crippen LogP contribution is 2.50. The highest BCUT2D eigenvalue weighted by Gasteiger charge is 2.38. The van der Waals surface area contributed by atoms with E-state index in [0.29, 0.717) is 11.6 Å².